The summed E-state index contributed by atoms with van der Waals surface area (Å²) >= 11 is 0. The maximum absolute atomic E-state index is 11.8. The van der Waals surface area contributed by atoms with Crippen LogP contribution in [0.1, 0.15) is 40.0 Å². The highest BCUT2D eigenvalue weighted by molar-refractivity contribution is 5.69. The molecule has 2 aliphatic heterocycles. The third kappa shape index (κ3) is 3.12. The molecule has 2 aliphatic rings. The lowest BCUT2D eigenvalue weighted by Crippen LogP contribution is -2.60. The Bertz CT molecular complexity index is 280. The molecule has 0 atom stereocenters. The maximum atomic E-state index is 11.8. The number of amides is 1. The van der Waals surface area contributed by atoms with Gasteiger partial charge in [-0.25, -0.2) is 4.79 Å². The van der Waals surface area contributed by atoms with Crippen molar-refractivity contribution in [3.05, 3.63) is 0 Å². The minimum absolute atomic E-state index is 0.188. The average molecular weight is 241 g/mol. The third-order valence-corrected chi connectivity index (χ3v) is 3.36. The molecule has 0 aliphatic carbocycles. The zero-order valence-corrected chi connectivity index (χ0v) is 11.1. The zero-order chi connectivity index (χ0) is 12.5. The van der Waals surface area contributed by atoms with Gasteiger partial charge in [0.25, 0.3) is 0 Å². The van der Waals surface area contributed by atoms with Gasteiger partial charge >= 0.3 is 6.09 Å². The fraction of sp³-hybridized carbons (Fsp3) is 0.923. The standard InChI is InChI=1S/C13H23NO3/c1-12(2,3)17-11(15)14-8-13(9-14)6-4-5-7-16-10-13/h4-10H2,1-3H3. The average Bonchev–Trinajstić information content (AvgIpc) is 2.36. The molecule has 0 aromatic rings. The minimum atomic E-state index is -0.403. The second kappa shape index (κ2) is 4.48. The lowest BCUT2D eigenvalue weighted by Gasteiger charge is -2.49. The van der Waals surface area contributed by atoms with Crippen LogP contribution in [0, 0.1) is 5.41 Å². The van der Waals surface area contributed by atoms with Crippen LogP contribution in [0.4, 0.5) is 4.79 Å². The van der Waals surface area contributed by atoms with E-state index in [1.165, 1.54) is 12.8 Å². The molecule has 17 heavy (non-hydrogen) atoms. The van der Waals surface area contributed by atoms with Gasteiger partial charge in [-0.05, 0) is 33.6 Å². The molecule has 2 fully saturated rings. The second-order valence-electron chi connectivity index (χ2n) is 6.35. The van der Waals surface area contributed by atoms with Gasteiger partial charge in [0.2, 0.25) is 0 Å². The Labute approximate surface area is 103 Å². The van der Waals surface area contributed by atoms with Crippen LogP contribution in [0.15, 0.2) is 0 Å². The first-order chi connectivity index (χ1) is 7.90. The SMILES string of the molecule is CC(C)(C)OC(=O)N1CC2(CCCCOC2)C1. The Kier molecular flexibility index (Phi) is 3.34. The molecular formula is C13H23NO3. The van der Waals surface area contributed by atoms with Crippen molar-refractivity contribution in [2.75, 3.05) is 26.3 Å². The van der Waals surface area contributed by atoms with Crippen LogP contribution in [0.2, 0.25) is 0 Å². The lowest BCUT2D eigenvalue weighted by molar-refractivity contribution is -0.0667. The van der Waals surface area contributed by atoms with Crippen LogP contribution >= 0.6 is 0 Å². The van der Waals surface area contributed by atoms with Crippen molar-refractivity contribution >= 4 is 6.09 Å². The topological polar surface area (TPSA) is 38.8 Å². The van der Waals surface area contributed by atoms with E-state index in [9.17, 15) is 4.79 Å². The van der Waals surface area contributed by atoms with Gasteiger partial charge in [-0.15, -0.1) is 0 Å². The largest absolute Gasteiger partial charge is 0.444 e. The molecule has 2 saturated heterocycles. The van der Waals surface area contributed by atoms with E-state index in [0.717, 1.165) is 32.7 Å². The molecule has 0 aromatic carbocycles. The van der Waals surface area contributed by atoms with Crippen molar-refractivity contribution in [2.24, 2.45) is 5.41 Å². The Hall–Kier alpha value is -0.770. The van der Waals surface area contributed by atoms with Gasteiger partial charge in [0, 0.05) is 25.1 Å². The molecular weight excluding hydrogens is 218 g/mol. The predicted octanol–water partition coefficient (Wildman–Crippen LogP) is 2.42. The smallest absolute Gasteiger partial charge is 0.410 e. The second-order valence-corrected chi connectivity index (χ2v) is 6.35. The van der Waals surface area contributed by atoms with E-state index in [1.54, 1.807) is 4.90 Å². The number of rotatable bonds is 0. The molecule has 0 aromatic heterocycles. The summed E-state index contributed by atoms with van der Waals surface area (Å²) in [6, 6.07) is 0. The summed E-state index contributed by atoms with van der Waals surface area (Å²) < 4.78 is 11.0. The van der Waals surface area contributed by atoms with Crippen molar-refractivity contribution in [2.45, 2.75) is 45.6 Å². The first-order valence-corrected chi connectivity index (χ1v) is 6.46. The van der Waals surface area contributed by atoms with Gasteiger partial charge in [0.15, 0.2) is 0 Å². The monoisotopic (exact) mass is 241 g/mol. The summed E-state index contributed by atoms with van der Waals surface area (Å²) in [4.78, 5) is 13.6. The Morgan fingerprint density at radius 3 is 2.65 bits per heavy atom. The highest BCUT2D eigenvalue weighted by Gasteiger charge is 2.46. The molecule has 98 valence electrons. The molecule has 0 N–H and O–H groups in total. The lowest BCUT2D eigenvalue weighted by atomic mass is 9.77. The molecule has 1 amide bonds. The number of carbonyl (C=O) groups excluding carboxylic acids is 1. The van der Waals surface area contributed by atoms with E-state index in [4.69, 9.17) is 9.47 Å². The van der Waals surface area contributed by atoms with Crippen LogP contribution in [-0.4, -0.2) is 42.9 Å². The van der Waals surface area contributed by atoms with Gasteiger partial charge in [-0.3, -0.25) is 0 Å². The normalized spacial score (nSPS) is 24.1. The fourth-order valence-electron chi connectivity index (χ4n) is 2.53. The van der Waals surface area contributed by atoms with E-state index in [-0.39, 0.29) is 11.5 Å². The number of carbonyl (C=O) groups is 1. The van der Waals surface area contributed by atoms with Crippen molar-refractivity contribution < 1.29 is 14.3 Å². The summed E-state index contributed by atoms with van der Waals surface area (Å²) in [6.07, 6.45) is 3.34. The fourth-order valence-corrected chi connectivity index (χ4v) is 2.53. The highest BCUT2D eigenvalue weighted by atomic mass is 16.6. The molecule has 0 unspecified atom stereocenters. The van der Waals surface area contributed by atoms with E-state index >= 15 is 0 Å². The number of hydrogen-bond acceptors (Lipinski definition) is 3. The van der Waals surface area contributed by atoms with Crippen LogP contribution < -0.4 is 0 Å². The number of nitrogens with zero attached hydrogens (tertiary/aromatic N) is 1. The van der Waals surface area contributed by atoms with Crippen LogP contribution in [0.3, 0.4) is 0 Å². The van der Waals surface area contributed by atoms with Gasteiger partial charge in [-0.2, -0.15) is 0 Å². The third-order valence-electron chi connectivity index (χ3n) is 3.36. The van der Waals surface area contributed by atoms with Crippen molar-refractivity contribution in [1.82, 2.24) is 4.90 Å². The number of hydrogen-bond donors (Lipinski definition) is 0. The van der Waals surface area contributed by atoms with E-state index < -0.39 is 5.60 Å². The van der Waals surface area contributed by atoms with Crippen molar-refractivity contribution in [3.63, 3.8) is 0 Å². The molecule has 2 heterocycles. The maximum Gasteiger partial charge on any atom is 0.410 e. The Balaban J connectivity index is 1.83. The van der Waals surface area contributed by atoms with E-state index in [2.05, 4.69) is 0 Å². The summed E-state index contributed by atoms with van der Waals surface area (Å²) in [6.45, 7) is 8.95. The van der Waals surface area contributed by atoms with Gasteiger partial charge < -0.3 is 14.4 Å². The molecule has 0 saturated carbocycles. The molecule has 4 nitrogen and oxygen atoms in total. The van der Waals surface area contributed by atoms with Gasteiger partial charge in [0.1, 0.15) is 5.60 Å². The van der Waals surface area contributed by atoms with Crippen molar-refractivity contribution in [1.29, 1.82) is 0 Å². The van der Waals surface area contributed by atoms with Crippen LogP contribution in [0.5, 0.6) is 0 Å². The molecule has 4 heteroatoms. The summed E-state index contributed by atoms with van der Waals surface area (Å²) in [5.74, 6) is 0. The van der Waals surface area contributed by atoms with Gasteiger partial charge in [-0.1, -0.05) is 6.42 Å². The van der Waals surface area contributed by atoms with Gasteiger partial charge in [0.05, 0.1) is 6.61 Å². The summed E-state index contributed by atoms with van der Waals surface area (Å²) in [5, 5.41) is 0. The zero-order valence-electron chi connectivity index (χ0n) is 11.1. The van der Waals surface area contributed by atoms with Crippen LogP contribution in [0.25, 0.3) is 0 Å². The molecule has 2 rings (SSSR count). The first-order valence-electron chi connectivity index (χ1n) is 6.46. The first kappa shape index (κ1) is 12.7. The number of likely N-dealkylation sites (tertiary alicyclic amines) is 1. The van der Waals surface area contributed by atoms with Crippen LogP contribution in [-0.2, 0) is 9.47 Å². The summed E-state index contributed by atoms with van der Waals surface area (Å²) in [7, 11) is 0. The molecule has 0 radical (unpaired) electrons. The highest BCUT2D eigenvalue weighted by Crippen LogP contribution is 2.38. The van der Waals surface area contributed by atoms with Crippen molar-refractivity contribution in [3.8, 4) is 0 Å². The predicted molar refractivity (Wildman–Crippen MR) is 64.9 cm³/mol. The molecule has 1 spiro atoms. The van der Waals surface area contributed by atoms with E-state index in [0.29, 0.717) is 0 Å². The quantitative estimate of drug-likeness (QED) is 0.654. The number of ether oxygens (including phenoxy) is 2. The molecule has 0 bridgehead atoms. The van der Waals surface area contributed by atoms with E-state index in [1.807, 2.05) is 20.8 Å². The minimum Gasteiger partial charge on any atom is -0.444 e. The summed E-state index contributed by atoms with van der Waals surface area (Å²) in [5.41, 5.74) is -0.187. The Morgan fingerprint density at radius 2 is 2.00 bits per heavy atom. The Morgan fingerprint density at radius 1 is 1.29 bits per heavy atom.